The molecule has 0 saturated carbocycles. The van der Waals surface area contributed by atoms with E-state index < -0.39 is 0 Å². The quantitative estimate of drug-likeness (QED) is 0.688. The second-order valence-electron chi connectivity index (χ2n) is 6.19. The number of furan rings is 1. The fourth-order valence-electron chi connectivity index (χ4n) is 2.85. The number of likely N-dealkylation sites (N-methyl/N-ethyl adjacent to an activating group) is 1. The Kier molecular flexibility index (Phi) is 4.35. The highest BCUT2D eigenvalue weighted by Crippen LogP contribution is 2.23. The minimum Gasteiger partial charge on any atom is -0.463 e. The Labute approximate surface area is 147 Å². The van der Waals surface area contributed by atoms with Crippen LogP contribution >= 0.6 is 0 Å². The van der Waals surface area contributed by atoms with Crippen LogP contribution in [0.4, 0.5) is 0 Å². The standard InChI is InChI=1S/C19H21N5O/c1-22-9-11-23(12-10-22)20-14-16-15-24(17-6-3-2-4-7-17)21-19(16)18-8-5-13-25-18/h2-8,13-15H,9-12H2,1H3/b20-14-. The molecule has 0 spiro atoms. The van der Waals surface area contributed by atoms with Gasteiger partial charge >= 0.3 is 0 Å². The van der Waals surface area contributed by atoms with Crippen molar-refractivity contribution in [2.45, 2.75) is 0 Å². The predicted molar refractivity (Wildman–Crippen MR) is 97.9 cm³/mol. The highest BCUT2D eigenvalue weighted by molar-refractivity contribution is 5.87. The molecule has 3 aromatic rings. The smallest absolute Gasteiger partial charge is 0.154 e. The monoisotopic (exact) mass is 335 g/mol. The van der Waals surface area contributed by atoms with Crippen LogP contribution in [0.2, 0.25) is 0 Å². The summed E-state index contributed by atoms with van der Waals surface area (Å²) in [6.07, 6.45) is 5.54. The first kappa shape index (κ1) is 15.7. The Bertz CT molecular complexity index is 830. The summed E-state index contributed by atoms with van der Waals surface area (Å²) in [7, 11) is 2.14. The lowest BCUT2D eigenvalue weighted by molar-refractivity contribution is 0.159. The van der Waals surface area contributed by atoms with Gasteiger partial charge in [-0.25, -0.2) is 4.68 Å². The van der Waals surface area contributed by atoms with Gasteiger partial charge < -0.3 is 9.32 Å². The van der Waals surface area contributed by atoms with E-state index in [1.54, 1.807) is 6.26 Å². The molecule has 6 nitrogen and oxygen atoms in total. The number of hydrogen-bond donors (Lipinski definition) is 0. The van der Waals surface area contributed by atoms with Crippen molar-refractivity contribution in [3.8, 4) is 17.1 Å². The largest absolute Gasteiger partial charge is 0.463 e. The molecule has 25 heavy (non-hydrogen) atoms. The van der Waals surface area contributed by atoms with Crippen LogP contribution in [0.25, 0.3) is 17.1 Å². The molecule has 1 fully saturated rings. The Hall–Kier alpha value is -2.86. The Balaban J connectivity index is 1.64. The Morgan fingerprint density at radius 3 is 2.56 bits per heavy atom. The van der Waals surface area contributed by atoms with Crippen molar-refractivity contribution in [3.63, 3.8) is 0 Å². The molecule has 0 atom stereocenters. The maximum absolute atomic E-state index is 5.56. The molecule has 128 valence electrons. The van der Waals surface area contributed by atoms with Crippen molar-refractivity contribution in [1.82, 2.24) is 19.7 Å². The van der Waals surface area contributed by atoms with E-state index in [0.717, 1.165) is 48.9 Å². The van der Waals surface area contributed by atoms with Crippen LogP contribution in [0.3, 0.4) is 0 Å². The van der Waals surface area contributed by atoms with E-state index in [4.69, 9.17) is 9.52 Å². The number of aromatic nitrogens is 2. The average molecular weight is 335 g/mol. The van der Waals surface area contributed by atoms with Gasteiger partial charge in [-0.15, -0.1) is 0 Å². The number of hydrazone groups is 1. The molecule has 0 N–H and O–H groups in total. The van der Waals surface area contributed by atoms with Gasteiger partial charge in [0.05, 0.1) is 18.2 Å². The molecule has 1 aliphatic heterocycles. The van der Waals surface area contributed by atoms with Crippen LogP contribution in [0.1, 0.15) is 5.56 Å². The Morgan fingerprint density at radius 2 is 1.84 bits per heavy atom. The van der Waals surface area contributed by atoms with E-state index in [-0.39, 0.29) is 0 Å². The van der Waals surface area contributed by atoms with Crippen LogP contribution in [0, 0.1) is 0 Å². The van der Waals surface area contributed by atoms with Crippen LogP contribution in [-0.2, 0) is 0 Å². The summed E-state index contributed by atoms with van der Waals surface area (Å²) < 4.78 is 7.42. The first-order valence-electron chi connectivity index (χ1n) is 8.46. The van der Waals surface area contributed by atoms with E-state index in [9.17, 15) is 0 Å². The van der Waals surface area contributed by atoms with E-state index in [1.807, 2.05) is 59.6 Å². The highest BCUT2D eigenvalue weighted by atomic mass is 16.3. The van der Waals surface area contributed by atoms with E-state index in [2.05, 4.69) is 22.1 Å². The van der Waals surface area contributed by atoms with Gasteiger partial charge in [0.1, 0.15) is 5.69 Å². The first-order chi connectivity index (χ1) is 12.3. The molecule has 2 aromatic heterocycles. The lowest BCUT2D eigenvalue weighted by Gasteiger charge is -2.30. The molecule has 3 heterocycles. The maximum Gasteiger partial charge on any atom is 0.154 e. The molecule has 1 aromatic carbocycles. The summed E-state index contributed by atoms with van der Waals surface area (Å²) in [5.74, 6) is 0.745. The normalized spacial score (nSPS) is 16.0. The molecule has 1 aliphatic rings. The lowest BCUT2D eigenvalue weighted by Crippen LogP contribution is -2.41. The van der Waals surface area contributed by atoms with Crippen molar-refractivity contribution in [1.29, 1.82) is 0 Å². The van der Waals surface area contributed by atoms with Gasteiger partial charge in [0.25, 0.3) is 0 Å². The molecule has 0 unspecified atom stereocenters. The van der Waals surface area contributed by atoms with Crippen LogP contribution in [-0.4, -0.2) is 59.1 Å². The number of rotatable bonds is 4. The van der Waals surface area contributed by atoms with Gasteiger partial charge in [-0.3, -0.25) is 5.01 Å². The van der Waals surface area contributed by atoms with Crippen molar-refractivity contribution in [3.05, 3.63) is 60.5 Å². The number of para-hydroxylation sites is 1. The van der Waals surface area contributed by atoms with Crippen molar-refractivity contribution >= 4 is 6.21 Å². The van der Waals surface area contributed by atoms with Crippen LogP contribution in [0.15, 0.2) is 64.4 Å². The molecule has 0 aliphatic carbocycles. The fourth-order valence-corrected chi connectivity index (χ4v) is 2.85. The molecular formula is C19H21N5O. The number of nitrogens with zero attached hydrogens (tertiary/aromatic N) is 5. The molecular weight excluding hydrogens is 314 g/mol. The second kappa shape index (κ2) is 6.94. The summed E-state index contributed by atoms with van der Waals surface area (Å²) in [6, 6.07) is 13.9. The van der Waals surface area contributed by atoms with Gasteiger partial charge in [-0.1, -0.05) is 18.2 Å². The SMILES string of the molecule is CN1CCN(/N=C\c2cn(-c3ccccc3)nc2-c2ccco2)CC1. The van der Waals surface area contributed by atoms with Crippen molar-refractivity contribution in [2.75, 3.05) is 33.2 Å². The summed E-state index contributed by atoms with van der Waals surface area (Å²) in [6.45, 7) is 3.95. The third-order valence-corrected chi connectivity index (χ3v) is 4.36. The van der Waals surface area contributed by atoms with E-state index in [1.165, 1.54) is 0 Å². The number of benzene rings is 1. The third kappa shape index (κ3) is 3.49. The van der Waals surface area contributed by atoms with E-state index >= 15 is 0 Å². The van der Waals surface area contributed by atoms with E-state index in [0.29, 0.717) is 0 Å². The minimum atomic E-state index is 0.745. The molecule has 1 saturated heterocycles. The number of piperazine rings is 1. The van der Waals surface area contributed by atoms with Crippen molar-refractivity contribution < 1.29 is 4.42 Å². The first-order valence-corrected chi connectivity index (χ1v) is 8.46. The fraction of sp³-hybridized carbons (Fsp3) is 0.263. The van der Waals surface area contributed by atoms with Gasteiger partial charge in [0.2, 0.25) is 0 Å². The number of hydrogen-bond acceptors (Lipinski definition) is 5. The van der Waals surface area contributed by atoms with Crippen molar-refractivity contribution in [2.24, 2.45) is 5.10 Å². The zero-order chi connectivity index (χ0) is 17.1. The molecule has 0 bridgehead atoms. The zero-order valence-electron chi connectivity index (χ0n) is 14.2. The summed E-state index contributed by atoms with van der Waals surface area (Å²) in [4.78, 5) is 2.31. The summed E-state index contributed by atoms with van der Waals surface area (Å²) in [5.41, 5.74) is 2.75. The summed E-state index contributed by atoms with van der Waals surface area (Å²) in [5, 5.41) is 11.5. The third-order valence-electron chi connectivity index (χ3n) is 4.36. The molecule has 0 amide bonds. The topological polar surface area (TPSA) is 49.8 Å². The average Bonchev–Trinajstić information content (AvgIpc) is 3.31. The lowest BCUT2D eigenvalue weighted by atomic mass is 10.2. The second-order valence-corrected chi connectivity index (χ2v) is 6.19. The Morgan fingerprint density at radius 1 is 1.04 bits per heavy atom. The van der Waals surface area contributed by atoms with Crippen LogP contribution in [0.5, 0.6) is 0 Å². The van der Waals surface area contributed by atoms with Gasteiger partial charge in [0.15, 0.2) is 5.76 Å². The predicted octanol–water partition coefficient (Wildman–Crippen LogP) is 2.71. The minimum absolute atomic E-state index is 0.745. The summed E-state index contributed by atoms with van der Waals surface area (Å²) >= 11 is 0. The van der Waals surface area contributed by atoms with Gasteiger partial charge in [0, 0.05) is 37.9 Å². The molecule has 4 rings (SSSR count). The highest BCUT2D eigenvalue weighted by Gasteiger charge is 2.15. The zero-order valence-corrected chi connectivity index (χ0v) is 14.2. The van der Waals surface area contributed by atoms with Gasteiger partial charge in [-0.2, -0.15) is 10.2 Å². The maximum atomic E-state index is 5.56. The van der Waals surface area contributed by atoms with Crippen LogP contribution < -0.4 is 0 Å². The molecule has 6 heteroatoms. The molecule has 0 radical (unpaired) electrons. The van der Waals surface area contributed by atoms with Gasteiger partial charge in [-0.05, 0) is 31.3 Å².